The van der Waals surface area contributed by atoms with Crippen LogP contribution >= 0.6 is 0 Å². The zero-order valence-electron chi connectivity index (χ0n) is 40.2. The Morgan fingerprint density at radius 2 is 1.07 bits per heavy atom. The summed E-state index contributed by atoms with van der Waals surface area (Å²) < 4.78 is 10.4. The molecule has 0 bridgehead atoms. The molecule has 0 aliphatic carbocycles. The maximum Gasteiger partial charge on any atom is 0.407 e. The number of anilines is 1. The Labute approximate surface area is 392 Å². The number of aromatic nitrogens is 4. The highest BCUT2D eigenvalue weighted by Crippen LogP contribution is 2.48. The Bertz CT molecular complexity index is 2560. The number of quaternary nitrogens is 1. The van der Waals surface area contributed by atoms with Crippen molar-refractivity contribution < 1.29 is 28.7 Å². The van der Waals surface area contributed by atoms with Crippen LogP contribution in [0.2, 0.25) is 0 Å². The molecular formula is C51H65N10O6+. The number of nitrogens with one attached hydrogen (secondary N) is 4. The van der Waals surface area contributed by atoms with Crippen molar-refractivity contribution in [1.29, 1.82) is 0 Å². The zero-order valence-corrected chi connectivity index (χ0v) is 40.2. The molecule has 6 atom stereocenters. The second-order valence-electron chi connectivity index (χ2n) is 19.9. The van der Waals surface area contributed by atoms with Crippen LogP contribution in [0.3, 0.4) is 0 Å². The van der Waals surface area contributed by atoms with Crippen molar-refractivity contribution in [3.8, 4) is 0 Å². The smallest absolute Gasteiger partial charge is 0.407 e. The molecule has 5 heterocycles. The van der Waals surface area contributed by atoms with E-state index in [2.05, 4.69) is 120 Å². The molecule has 4 amide bonds. The molecule has 3 aromatic carbocycles. The molecule has 3 fully saturated rings. The highest BCUT2D eigenvalue weighted by molar-refractivity contribution is 5.88. The molecule has 3 aliphatic heterocycles. The highest BCUT2D eigenvalue weighted by Gasteiger charge is 2.42. The predicted molar refractivity (Wildman–Crippen MR) is 260 cm³/mol. The van der Waals surface area contributed by atoms with Gasteiger partial charge in [0.15, 0.2) is 0 Å². The summed E-state index contributed by atoms with van der Waals surface area (Å²) in [5, 5.41) is 5.45. The molecule has 0 saturated carbocycles. The Balaban J connectivity index is 1.10. The lowest BCUT2D eigenvalue weighted by molar-refractivity contribution is -0.136. The van der Waals surface area contributed by atoms with Crippen LogP contribution in [0, 0.1) is 11.8 Å². The number of carbonyl (C=O) groups is 4. The van der Waals surface area contributed by atoms with Crippen molar-refractivity contribution in [3.05, 3.63) is 108 Å². The number of nitrogens with zero attached hydrogens (tertiary/aromatic N) is 6. The van der Waals surface area contributed by atoms with Crippen LogP contribution in [0.4, 0.5) is 21.0 Å². The Morgan fingerprint density at radius 1 is 0.657 bits per heavy atom. The predicted octanol–water partition coefficient (Wildman–Crippen LogP) is 8.14. The van der Waals surface area contributed by atoms with Gasteiger partial charge in [-0.2, -0.15) is 0 Å². The van der Waals surface area contributed by atoms with Crippen LogP contribution in [0.25, 0.3) is 22.1 Å². The summed E-state index contributed by atoms with van der Waals surface area (Å²) in [6, 6.07) is 19.5. The number of methoxy groups -OCH3 is 2. The fraction of sp³-hybridized carbons (Fsp3) is 0.451. The van der Waals surface area contributed by atoms with Crippen molar-refractivity contribution in [2.45, 2.75) is 89.6 Å². The van der Waals surface area contributed by atoms with E-state index in [0.29, 0.717) is 42.1 Å². The first kappa shape index (κ1) is 46.8. The van der Waals surface area contributed by atoms with Gasteiger partial charge in [-0.05, 0) is 85.0 Å². The summed E-state index contributed by atoms with van der Waals surface area (Å²) >= 11 is 0. The first-order valence-electron chi connectivity index (χ1n) is 23.2. The monoisotopic (exact) mass is 914 g/mol. The van der Waals surface area contributed by atoms with E-state index in [1.165, 1.54) is 19.9 Å². The molecule has 3 aliphatic rings. The van der Waals surface area contributed by atoms with Gasteiger partial charge >= 0.3 is 12.2 Å². The average Bonchev–Trinajstić information content (AvgIpc) is 4.15. The van der Waals surface area contributed by atoms with E-state index in [1.807, 2.05) is 27.7 Å². The quantitative estimate of drug-likeness (QED) is 0.0711. The van der Waals surface area contributed by atoms with E-state index in [-0.39, 0.29) is 47.8 Å². The number of aromatic amines is 2. The lowest BCUT2D eigenvalue weighted by Gasteiger charge is -2.34. The van der Waals surface area contributed by atoms with Crippen LogP contribution in [0.5, 0.6) is 0 Å². The fourth-order valence-corrected chi connectivity index (χ4v) is 10.0. The summed E-state index contributed by atoms with van der Waals surface area (Å²) in [6.45, 7) is 16.8. The molecule has 0 spiro atoms. The molecule has 3 saturated heterocycles. The van der Waals surface area contributed by atoms with Crippen LogP contribution in [-0.4, -0.2) is 114 Å². The van der Waals surface area contributed by atoms with Gasteiger partial charge in [0.25, 0.3) is 0 Å². The number of benzene rings is 3. The number of likely N-dealkylation sites (tertiary alicyclic amines) is 2. The van der Waals surface area contributed by atoms with Gasteiger partial charge < -0.3 is 44.8 Å². The minimum atomic E-state index is -0.764. The van der Waals surface area contributed by atoms with Crippen LogP contribution < -0.4 is 20.0 Å². The third-order valence-corrected chi connectivity index (χ3v) is 13.6. The maximum atomic E-state index is 14.0. The van der Waals surface area contributed by atoms with Gasteiger partial charge in [0.1, 0.15) is 29.4 Å². The van der Waals surface area contributed by atoms with E-state index in [9.17, 15) is 19.2 Å². The number of rotatable bonds is 12. The average molecular weight is 914 g/mol. The number of ether oxygens (including phenoxy) is 2. The number of H-pyrrole nitrogens is 2. The Hall–Kier alpha value is -6.68. The SMILES string of the molecule is C=C1C[C@@H](c2nc3ccc([C@H]4CC[C@H](c5ccc6nc([C@@H]7CC(=C)CN7C(=O)[C@@H](NC(=O)OC)C(C)C)[nH]c6c5)N4c4ccc([N+](C)(C)C)cc4)cc3[nH]2)N(C(=O)[C@@H](NC(=O)OC)C(C)C)C1. The summed E-state index contributed by atoms with van der Waals surface area (Å²) in [5.74, 6) is 0.618. The van der Waals surface area contributed by atoms with E-state index in [1.54, 1.807) is 9.80 Å². The highest BCUT2D eigenvalue weighted by atomic mass is 16.5. The standard InChI is InChI=1S/C51H64N10O6/c1-28(2)44(56-50(64)66-10)48(62)58-26-30(5)22-42(58)46-52-36-18-12-32(24-38(36)54-46)40-20-21-41(60(40)34-14-16-35(17-15-34)61(7,8)9)33-13-19-37-39(25-33)55-47(53-37)43-23-31(6)27-59(43)49(63)45(29(3)4)57-51(65)67-11/h12-19,24-25,28-29,40-45H,5-6,20-23,26-27H2,1-4,7-11H3,(H3-,52,53,54,55,56,57,64,65)/p+1/t40-,41-,42+,43+,44+,45+/m1/s1. The summed E-state index contributed by atoms with van der Waals surface area (Å²) in [5.41, 5.74) is 9.78. The van der Waals surface area contributed by atoms with E-state index >= 15 is 0 Å². The number of amides is 4. The minimum Gasteiger partial charge on any atom is -0.453 e. The van der Waals surface area contributed by atoms with E-state index < -0.39 is 24.3 Å². The molecule has 354 valence electrons. The van der Waals surface area contributed by atoms with Gasteiger partial charge in [-0.15, -0.1) is 0 Å². The first-order valence-corrected chi connectivity index (χ1v) is 23.2. The number of alkyl carbamates (subject to hydrolysis) is 2. The summed E-state index contributed by atoms with van der Waals surface area (Å²) in [4.78, 5) is 75.7. The van der Waals surface area contributed by atoms with Crippen molar-refractivity contribution in [2.24, 2.45) is 11.8 Å². The lowest BCUT2D eigenvalue weighted by Crippen LogP contribution is -2.51. The number of hydrogen-bond acceptors (Lipinski definition) is 9. The number of hydrogen-bond donors (Lipinski definition) is 4. The lowest BCUT2D eigenvalue weighted by atomic mass is 10.0. The molecule has 5 aromatic rings. The van der Waals surface area contributed by atoms with Crippen molar-refractivity contribution >= 4 is 57.4 Å². The van der Waals surface area contributed by atoms with Gasteiger partial charge in [-0.25, -0.2) is 19.6 Å². The normalized spacial score (nSPS) is 20.9. The third-order valence-electron chi connectivity index (χ3n) is 13.6. The van der Waals surface area contributed by atoms with Gasteiger partial charge in [-0.3, -0.25) is 14.1 Å². The van der Waals surface area contributed by atoms with Crippen molar-refractivity contribution in [1.82, 2.24) is 44.9 Å². The van der Waals surface area contributed by atoms with Gasteiger partial charge in [0.2, 0.25) is 11.8 Å². The summed E-state index contributed by atoms with van der Waals surface area (Å²) in [7, 11) is 9.06. The first-order chi connectivity index (χ1) is 31.8. The van der Waals surface area contributed by atoms with Crippen molar-refractivity contribution in [3.63, 3.8) is 0 Å². The summed E-state index contributed by atoms with van der Waals surface area (Å²) in [6.07, 6.45) is 1.61. The largest absolute Gasteiger partial charge is 0.453 e. The molecule has 67 heavy (non-hydrogen) atoms. The van der Waals surface area contributed by atoms with Gasteiger partial charge in [-0.1, -0.05) is 64.1 Å². The number of imidazole rings is 2. The van der Waals surface area contributed by atoms with Crippen LogP contribution in [0.1, 0.15) is 100 Å². The molecule has 4 N–H and O–H groups in total. The fourth-order valence-electron chi connectivity index (χ4n) is 10.0. The molecular weight excluding hydrogens is 849 g/mol. The molecule has 0 unspecified atom stereocenters. The zero-order chi connectivity index (χ0) is 48.1. The van der Waals surface area contributed by atoms with E-state index in [0.717, 1.165) is 62.9 Å². The molecule has 8 rings (SSSR count). The van der Waals surface area contributed by atoms with Gasteiger partial charge in [0.05, 0.1) is 81.6 Å². The Morgan fingerprint density at radius 3 is 1.45 bits per heavy atom. The Kier molecular flexibility index (Phi) is 13.0. The van der Waals surface area contributed by atoms with Crippen molar-refractivity contribution in [2.75, 3.05) is 53.4 Å². The van der Waals surface area contributed by atoms with Crippen LogP contribution in [0.15, 0.2) is 85.0 Å². The second-order valence-corrected chi connectivity index (χ2v) is 19.9. The topological polar surface area (TPSA) is 178 Å². The molecule has 0 radical (unpaired) electrons. The number of fused-ring (bicyclic) bond motifs is 2. The van der Waals surface area contributed by atoms with E-state index in [4.69, 9.17) is 19.4 Å². The molecule has 16 nitrogen and oxygen atoms in total. The minimum absolute atomic E-state index is 0.0289. The maximum absolute atomic E-state index is 14.0. The molecule has 2 aromatic heterocycles. The number of carbonyl (C=O) groups excluding carboxylic acids is 4. The second kappa shape index (κ2) is 18.5. The molecule has 16 heteroatoms. The van der Waals surface area contributed by atoms with Crippen LogP contribution in [-0.2, 0) is 19.1 Å². The third kappa shape index (κ3) is 9.36. The van der Waals surface area contributed by atoms with Gasteiger partial charge in [0, 0.05) is 30.9 Å².